The highest BCUT2D eigenvalue weighted by molar-refractivity contribution is 5.85. The molecule has 6 heteroatoms. The summed E-state index contributed by atoms with van der Waals surface area (Å²) in [6, 6.07) is 0. The number of Topliss-reactive ketones (excluding diaryl/α,β-unsaturated/α-hetero) is 2. The van der Waals surface area contributed by atoms with Crippen molar-refractivity contribution < 1.29 is 28.5 Å². The second-order valence-electron chi connectivity index (χ2n) is 22.8. The fraction of sp³-hybridized carbons (Fsp3) is 0.959. The van der Waals surface area contributed by atoms with Crippen LogP contribution in [-0.4, -0.2) is 49.6 Å². The van der Waals surface area contributed by atoms with Gasteiger partial charge in [-0.3, -0.25) is 9.59 Å². The highest BCUT2D eigenvalue weighted by Crippen LogP contribution is 2.69. The number of fused-ring (bicyclic) bond motifs is 10. The molecular formula is C49H76O6. The molecule has 0 bridgehead atoms. The Kier molecular flexibility index (Phi) is 10.1. The molecule has 10 rings (SSSR count). The van der Waals surface area contributed by atoms with Crippen LogP contribution in [0.25, 0.3) is 0 Å². The monoisotopic (exact) mass is 761 g/mol. The Morgan fingerprint density at radius 2 is 0.945 bits per heavy atom. The molecule has 13 unspecified atom stereocenters. The third-order valence-corrected chi connectivity index (χ3v) is 20.6. The molecule has 55 heavy (non-hydrogen) atoms. The number of hydrogen-bond donors (Lipinski definition) is 0. The van der Waals surface area contributed by atoms with Gasteiger partial charge in [-0.15, -0.1) is 0 Å². The molecule has 10 fully saturated rings. The molecule has 0 aromatic rings. The van der Waals surface area contributed by atoms with Crippen LogP contribution in [0, 0.1) is 80.8 Å². The predicted molar refractivity (Wildman–Crippen MR) is 213 cm³/mol. The summed E-state index contributed by atoms with van der Waals surface area (Å²) in [6.07, 6.45) is 27.0. The maximum atomic E-state index is 14.2. The Morgan fingerprint density at radius 1 is 0.509 bits per heavy atom. The first-order valence-corrected chi connectivity index (χ1v) is 24.1. The van der Waals surface area contributed by atoms with Gasteiger partial charge in [0.15, 0.2) is 12.6 Å². The summed E-state index contributed by atoms with van der Waals surface area (Å²) in [5, 5.41) is 0. The van der Waals surface area contributed by atoms with Crippen molar-refractivity contribution in [2.24, 2.45) is 80.8 Å². The lowest BCUT2D eigenvalue weighted by Gasteiger charge is -2.62. The van der Waals surface area contributed by atoms with E-state index >= 15 is 0 Å². The van der Waals surface area contributed by atoms with Gasteiger partial charge in [0.05, 0.1) is 12.2 Å². The summed E-state index contributed by atoms with van der Waals surface area (Å²) < 4.78 is 25.7. The van der Waals surface area contributed by atoms with Crippen molar-refractivity contribution in [3.63, 3.8) is 0 Å². The molecule has 0 N–H and O–H groups in total. The Bertz CT molecular complexity index is 1340. The van der Waals surface area contributed by atoms with Crippen LogP contribution in [0.3, 0.4) is 0 Å². The number of ether oxygens (including phenoxy) is 4. The number of carbonyl (C=O) groups is 2. The lowest BCUT2D eigenvalue weighted by Crippen LogP contribution is -2.57. The van der Waals surface area contributed by atoms with Crippen molar-refractivity contribution in [1.29, 1.82) is 0 Å². The van der Waals surface area contributed by atoms with E-state index in [4.69, 9.17) is 18.9 Å². The summed E-state index contributed by atoms with van der Waals surface area (Å²) in [5.41, 5.74) is 0.929. The number of ketones is 2. The van der Waals surface area contributed by atoms with Crippen LogP contribution >= 0.6 is 0 Å². The van der Waals surface area contributed by atoms with Crippen LogP contribution < -0.4 is 0 Å². The zero-order chi connectivity index (χ0) is 37.7. The van der Waals surface area contributed by atoms with E-state index in [0.29, 0.717) is 47.4 Å². The van der Waals surface area contributed by atoms with Crippen LogP contribution in [0.1, 0.15) is 175 Å². The lowest BCUT2D eigenvalue weighted by atomic mass is 9.43. The summed E-state index contributed by atoms with van der Waals surface area (Å²) in [6.45, 7) is 12.0. The number of carbonyl (C=O) groups excluding carboxylic acids is 2. The molecule has 18 atom stereocenters. The average molecular weight is 761 g/mol. The second kappa shape index (κ2) is 14.4. The first kappa shape index (κ1) is 38.4. The van der Waals surface area contributed by atoms with Gasteiger partial charge in [-0.25, -0.2) is 0 Å². The summed E-state index contributed by atoms with van der Waals surface area (Å²) in [7, 11) is 0. The highest BCUT2D eigenvalue weighted by Gasteiger charge is 2.64. The molecule has 0 aromatic heterocycles. The van der Waals surface area contributed by atoms with E-state index < -0.39 is 0 Å². The van der Waals surface area contributed by atoms with Crippen molar-refractivity contribution in [2.75, 3.05) is 13.2 Å². The molecule has 308 valence electrons. The van der Waals surface area contributed by atoms with Gasteiger partial charge in [0.2, 0.25) is 0 Å². The molecule has 8 saturated carbocycles. The van der Waals surface area contributed by atoms with E-state index in [-0.39, 0.29) is 46.1 Å². The minimum Gasteiger partial charge on any atom is -0.353 e. The van der Waals surface area contributed by atoms with E-state index in [9.17, 15) is 9.59 Å². The molecule has 6 nitrogen and oxygen atoms in total. The first-order chi connectivity index (χ1) is 26.5. The number of hydrogen-bond acceptors (Lipinski definition) is 6. The SMILES string of the molecule is CC12CC(CC3C[C@]4(C)C(CC[C@@H]5[C@H]6CCC(OC7CCCCO7)[C@]6(C)CC[C@H]54)CC3=O)C(=O)CC1CCC1C2CCC2(C)C(OC3CCCCO3)CCC12. The van der Waals surface area contributed by atoms with Gasteiger partial charge in [0.1, 0.15) is 11.6 Å². The fourth-order valence-electron chi connectivity index (χ4n) is 17.6. The van der Waals surface area contributed by atoms with E-state index in [1.807, 2.05) is 0 Å². The van der Waals surface area contributed by atoms with Gasteiger partial charge in [0.25, 0.3) is 0 Å². The second-order valence-corrected chi connectivity index (χ2v) is 22.8. The maximum Gasteiger partial charge on any atom is 0.157 e. The molecule has 2 saturated heterocycles. The van der Waals surface area contributed by atoms with Gasteiger partial charge >= 0.3 is 0 Å². The largest absolute Gasteiger partial charge is 0.353 e. The smallest absolute Gasteiger partial charge is 0.157 e. The fourth-order valence-corrected chi connectivity index (χ4v) is 17.6. The van der Waals surface area contributed by atoms with Crippen molar-refractivity contribution in [2.45, 2.75) is 200 Å². The summed E-state index contributed by atoms with van der Waals surface area (Å²) in [5.74, 6) is 6.52. The van der Waals surface area contributed by atoms with E-state index in [0.717, 1.165) is 81.8 Å². The molecule has 0 spiro atoms. The molecule has 0 radical (unpaired) electrons. The lowest BCUT2D eigenvalue weighted by molar-refractivity contribution is -0.219. The Hall–Kier alpha value is -0.820. The minimum absolute atomic E-state index is 0.000537. The minimum atomic E-state index is -0.000537. The van der Waals surface area contributed by atoms with Crippen molar-refractivity contribution in [3.05, 3.63) is 0 Å². The van der Waals surface area contributed by atoms with Crippen LogP contribution in [0.4, 0.5) is 0 Å². The molecule has 2 aliphatic heterocycles. The normalized spacial score (nSPS) is 55.1. The van der Waals surface area contributed by atoms with Gasteiger partial charge < -0.3 is 18.9 Å². The van der Waals surface area contributed by atoms with Gasteiger partial charge in [-0.05, 0) is 204 Å². The standard InChI is InChI=1S/C49H76O6/c1-46-21-19-38-34(36(46)15-17-42(46)54-44-9-5-7-23-52-44)13-11-32-26-40(50)30(28-48(32,38)3)25-31-29-49(4)33(27-41(31)51)12-14-35-37-16-18-43(47(37,2)22-20-39(35)49)55-45-10-6-8-24-53-45/h30-39,42-45H,5-29H2,1-4H3/t30?,31?,32?,33?,34-,35?,36-,37?,38-,39?,42?,43?,44?,45?,46-,47?,48-,49?/m1/s1. The van der Waals surface area contributed by atoms with Gasteiger partial charge in [-0.2, -0.15) is 0 Å². The van der Waals surface area contributed by atoms with Gasteiger partial charge in [-0.1, -0.05) is 27.7 Å². The van der Waals surface area contributed by atoms with Crippen molar-refractivity contribution in [1.82, 2.24) is 0 Å². The van der Waals surface area contributed by atoms with E-state index in [1.54, 1.807) is 0 Å². The van der Waals surface area contributed by atoms with Crippen LogP contribution in [0.2, 0.25) is 0 Å². The third-order valence-electron chi connectivity index (χ3n) is 20.6. The summed E-state index contributed by atoms with van der Waals surface area (Å²) >= 11 is 0. The van der Waals surface area contributed by atoms with Crippen molar-refractivity contribution >= 4 is 11.6 Å². The van der Waals surface area contributed by atoms with Gasteiger partial charge in [0, 0.05) is 37.9 Å². The van der Waals surface area contributed by atoms with Crippen molar-refractivity contribution in [3.8, 4) is 0 Å². The molecule has 0 amide bonds. The molecule has 2 heterocycles. The van der Waals surface area contributed by atoms with E-state index in [1.165, 1.54) is 103 Å². The topological polar surface area (TPSA) is 71.1 Å². The molecule has 0 aromatic carbocycles. The maximum absolute atomic E-state index is 14.2. The molecule has 8 aliphatic carbocycles. The van der Waals surface area contributed by atoms with E-state index in [2.05, 4.69) is 27.7 Å². The zero-order valence-electron chi connectivity index (χ0n) is 35.2. The number of rotatable bonds is 6. The highest BCUT2D eigenvalue weighted by atomic mass is 16.7. The molecule has 10 aliphatic rings. The van der Waals surface area contributed by atoms with Crippen LogP contribution in [0.5, 0.6) is 0 Å². The first-order valence-electron chi connectivity index (χ1n) is 24.1. The quantitative estimate of drug-likeness (QED) is 0.268. The van der Waals surface area contributed by atoms with Crippen LogP contribution in [0.15, 0.2) is 0 Å². The summed E-state index contributed by atoms with van der Waals surface area (Å²) in [4.78, 5) is 28.3. The Morgan fingerprint density at radius 3 is 1.36 bits per heavy atom. The Labute approximate surface area is 333 Å². The van der Waals surface area contributed by atoms with Crippen LogP contribution in [-0.2, 0) is 28.5 Å². The third kappa shape index (κ3) is 6.26. The average Bonchev–Trinajstić information content (AvgIpc) is 3.69. The zero-order valence-corrected chi connectivity index (χ0v) is 35.2. The molecular weight excluding hydrogens is 685 g/mol. The Balaban J connectivity index is 0.820. The predicted octanol–water partition coefficient (Wildman–Crippen LogP) is 10.9.